The van der Waals surface area contributed by atoms with E-state index in [9.17, 15) is 4.39 Å². The molecule has 18 heavy (non-hydrogen) atoms. The van der Waals surface area contributed by atoms with Crippen molar-refractivity contribution < 1.29 is 9.13 Å². The summed E-state index contributed by atoms with van der Waals surface area (Å²) in [6, 6.07) is 2.94. The number of aromatic nitrogens is 1. The fraction of sp³-hybridized carbons (Fsp3) is 0.429. The van der Waals surface area contributed by atoms with Gasteiger partial charge in [0.2, 0.25) is 0 Å². The van der Waals surface area contributed by atoms with Gasteiger partial charge in [0.15, 0.2) is 0 Å². The highest BCUT2D eigenvalue weighted by Gasteiger charge is 2.11. The molecule has 0 saturated heterocycles. The smallest absolute Gasteiger partial charge is 0.131 e. The zero-order chi connectivity index (χ0) is 13.1. The van der Waals surface area contributed by atoms with Gasteiger partial charge in [0.05, 0.1) is 12.6 Å². The molecular formula is C14H19FN2O. The molecule has 0 spiro atoms. The number of nitrogens with one attached hydrogen (secondary N) is 1. The third-order valence-corrected chi connectivity index (χ3v) is 3.31. The zero-order valence-electron chi connectivity index (χ0n) is 11.1. The molecule has 1 N–H and O–H groups in total. The van der Waals surface area contributed by atoms with Crippen LogP contribution in [0.2, 0.25) is 0 Å². The molecule has 2 aromatic rings. The number of hydrogen-bond donors (Lipinski definition) is 1. The molecule has 1 heterocycles. The Labute approximate surface area is 107 Å². The molecule has 1 aromatic heterocycles. The summed E-state index contributed by atoms with van der Waals surface area (Å²) in [5, 5.41) is 0.989. The van der Waals surface area contributed by atoms with Crippen molar-refractivity contribution in [2.75, 3.05) is 27.2 Å². The number of nitrogens with zero attached hydrogens (tertiary/aromatic N) is 1. The van der Waals surface area contributed by atoms with Crippen molar-refractivity contribution in [2.45, 2.75) is 13.3 Å². The van der Waals surface area contributed by atoms with Gasteiger partial charge in [-0.2, -0.15) is 0 Å². The molecule has 3 nitrogen and oxygen atoms in total. The van der Waals surface area contributed by atoms with E-state index in [-0.39, 0.29) is 5.82 Å². The van der Waals surface area contributed by atoms with E-state index in [1.807, 2.05) is 6.20 Å². The van der Waals surface area contributed by atoms with E-state index < -0.39 is 0 Å². The molecule has 0 bridgehead atoms. The van der Waals surface area contributed by atoms with Crippen molar-refractivity contribution in [1.82, 2.24) is 9.88 Å². The Hall–Kier alpha value is -1.55. The first-order valence-corrected chi connectivity index (χ1v) is 6.17. The summed E-state index contributed by atoms with van der Waals surface area (Å²) in [6.45, 7) is 4.13. The molecule has 1 aromatic carbocycles. The summed E-state index contributed by atoms with van der Waals surface area (Å²) in [7, 11) is 3.66. The van der Waals surface area contributed by atoms with Crippen molar-refractivity contribution in [3.63, 3.8) is 0 Å². The molecule has 4 heteroatoms. The van der Waals surface area contributed by atoms with Crippen LogP contribution in [0.5, 0.6) is 5.75 Å². The maximum absolute atomic E-state index is 13.4. The largest absolute Gasteiger partial charge is 0.496 e. The molecule has 0 atom stereocenters. The van der Waals surface area contributed by atoms with Crippen LogP contribution >= 0.6 is 0 Å². The summed E-state index contributed by atoms with van der Waals surface area (Å²) in [5.41, 5.74) is 1.96. The predicted molar refractivity (Wildman–Crippen MR) is 71.7 cm³/mol. The van der Waals surface area contributed by atoms with Gasteiger partial charge in [-0.3, -0.25) is 0 Å². The minimum atomic E-state index is -0.279. The summed E-state index contributed by atoms with van der Waals surface area (Å²) in [5.74, 6) is 0.318. The zero-order valence-corrected chi connectivity index (χ0v) is 11.1. The molecule has 0 radical (unpaired) electrons. The maximum atomic E-state index is 13.4. The summed E-state index contributed by atoms with van der Waals surface area (Å²) in [4.78, 5) is 5.35. The fourth-order valence-electron chi connectivity index (χ4n) is 2.09. The van der Waals surface area contributed by atoms with Crippen LogP contribution in [-0.2, 0) is 6.42 Å². The van der Waals surface area contributed by atoms with Gasteiger partial charge in [-0.15, -0.1) is 0 Å². The van der Waals surface area contributed by atoms with Crippen molar-refractivity contribution in [3.8, 4) is 5.75 Å². The minimum absolute atomic E-state index is 0.279. The molecule has 0 aliphatic rings. The highest BCUT2D eigenvalue weighted by molar-refractivity contribution is 5.89. The molecule has 0 amide bonds. The number of likely N-dealkylation sites (N-methyl/N-ethyl adjacent to an activating group) is 1. The third kappa shape index (κ3) is 2.48. The highest BCUT2D eigenvalue weighted by atomic mass is 19.1. The standard InChI is InChI=1S/C14H19FN2O/c1-4-17(2)6-5-10-9-16-12-7-11(15)8-13(18-3)14(10)12/h7-9,16H,4-6H2,1-3H3. The van der Waals surface area contributed by atoms with Crippen LogP contribution < -0.4 is 4.74 Å². The predicted octanol–water partition coefficient (Wildman–Crippen LogP) is 2.81. The Kier molecular flexibility index (Phi) is 3.87. The number of ether oxygens (including phenoxy) is 1. The number of fused-ring (bicyclic) bond motifs is 1. The second-order valence-corrected chi connectivity index (χ2v) is 4.49. The van der Waals surface area contributed by atoms with Gasteiger partial charge in [0.1, 0.15) is 11.6 Å². The van der Waals surface area contributed by atoms with Gasteiger partial charge in [0.25, 0.3) is 0 Å². The van der Waals surface area contributed by atoms with Gasteiger partial charge in [-0.05, 0) is 31.6 Å². The normalized spacial score (nSPS) is 11.4. The number of H-pyrrole nitrogens is 1. The minimum Gasteiger partial charge on any atom is -0.496 e. The Balaban J connectivity index is 2.34. The monoisotopic (exact) mass is 250 g/mol. The summed E-state index contributed by atoms with van der Waals surface area (Å²) >= 11 is 0. The lowest BCUT2D eigenvalue weighted by atomic mass is 10.1. The van der Waals surface area contributed by atoms with Crippen LogP contribution in [0.15, 0.2) is 18.3 Å². The molecule has 0 saturated carbocycles. The van der Waals surface area contributed by atoms with Gasteiger partial charge in [-0.25, -0.2) is 4.39 Å². The van der Waals surface area contributed by atoms with E-state index in [0.717, 1.165) is 30.4 Å². The van der Waals surface area contributed by atoms with Gasteiger partial charge < -0.3 is 14.6 Å². The second kappa shape index (κ2) is 5.40. The molecule has 0 fully saturated rings. The first-order valence-electron chi connectivity index (χ1n) is 6.17. The van der Waals surface area contributed by atoms with Gasteiger partial charge in [0, 0.05) is 24.2 Å². The number of hydrogen-bond acceptors (Lipinski definition) is 2. The van der Waals surface area contributed by atoms with Crippen LogP contribution in [-0.4, -0.2) is 37.1 Å². The van der Waals surface area contributed by atoms with E-state index in [0.29, 0.717) is 5.75 Å². The number of aromatic amines is 1. The quantitative estimate of drug-likeness (QED) is 0.883. The maximum Gasteiger partial charge on any atom is 0.131 e. The van der Waals surface area contributed by atoms with Crippen LogP contribution in [0.3, 0.4) is 0 Å². The lowest BCUT2D eigenvalue weighted by Crippen LogP contribution is -2.20. The van der Waals surface area contributed by atoms with E-state index in [1.165, 1.54) is 17.7 Å². The SMILES string of the molecule is CCN(C)CCc1c[nH]c2cc(F)cc(OC)c12. The third-order valence-electron chi connectivity index (χ3n) is 3.31. The van der Waals surface area contributed by atoms with E-state index in [1.54, 1.807) is 7.11 Å². The fourth-order valence-corrected chi connectivity index (χ4v) is 2.09. The van der Waals surface area contributed by atoms with Crippen molar-refractivity contribution in [3.05, 3.63) is 29.7 Å². The van der Waals surface area contributed by atoms with Crippen LogP contribution in [0.4, 0.5) is 4.39 Å². The van der Waals surface area contributed by atoms with E-state index in [2.05, 4.69) is 23.9 Å². The molecule has 0 unspecified atom stereocenters. The average molecular weight is 250 g/mol. The van der Waals surface area contributed by atoms with Crippen LogP contribution in [0.25, 0.3) is 10.9 Å². The van der Waals surface area contributed by atoms with Crippen molar-refractivity contribution in [1.29, 1.82) is 0 Å². The van der Waals surface area contributed by atoms with Crippen LogP contribution in [0, 0.1) is 5.82 Å². The molecule has 0 aliphatic carbocycles. The van der Waals surface area contributed by atoms with Crippen molar-refractivity contribution in [2.24, 2.45) is 0 Å². The Morgan fingerprint density at radius 3 is 2.83 bits per heavy atom. The van der Waals surface area contributed by atoms with Gasteiger partial charge in [-0.1, -0.05) is 6.92 Å². The first kappa shape index (κ1) is 12.9. The molecule has 2 rings (SSSR count). The number of benzene rings is 1. The Morgan fingerprint density at radius 1 is 1.39 bits per heavy atom. The lowest BCUT2D eigenvalue weighted by Gasteiger charge is -2.13. The molecule has 98 valence electrons. The second-order valence-electron chi connectivity index (χ2n) is 4.49. The highest BCUT2D eigenvalue weighted by Crippen LogP contribution is 2.30. The number of halogens is 1. The average Bonchev–Trinajstić information content (AvgIpc) is 2.77. The van der Waals surface area contributed by atoms with E-state index >= 15 is 0 Å². The molecular weight excluding hydrogens is 231 g/mol. The lowest BCUT2D eigenvalue weighted by molar-refractivity contribution is 0.357. The summed E-state index contributed by atoms with van der Waals surface area (Å²) < 4.78 is 18.6. The number of rotatable bonds is 5. The van der Waals surface area contributed by atoms with Crippen molar-refractivity contribution >= 4 is 10.9 Å². The Bertz CT molecular complexity index is 536. The summed E-state index contributed by atoms with van der Waals surface area (Å²) in [6.07, 6.45) is 2.86. The first-order chi connectivity index (χ1) is 8.65. The molecule has 0 aliphatic heterocycles. The topological polar surface area (TPSA) is 28.3 Å². The Morgan fingerprint density at radius 2 is 2.17 bits per heavy atom. The number of methoxy groups -OCH3 is 1. The van der Waals surface area contributed by atoms with Gasteiger partial charge >= 0.3 is 0 Å². The van der Waals surface area contributed by atoms with E-state index in [4.69, 9.17) is 4.74 Å². The van der Waals surface area contributed by atoms with Crippen LogP contribution in [0.1, 0.15) is 12.5 Å².